The van der Waals surface area contributed by atoms with Crippen molar-refractivity contribution in [2.75, 3.05) is 19.8 Å². The summed E-state index contributed by atoms with van der Waals surface area (Å²) in [5.41, 5.74) is 3.69. The molecule has 0 spiro atoms. The molecule has 10 rings (SSSR count). The van der Waals surface area contributed by atoms with E-state index >= 15 is 4.79 Å². The number of hydrogen-bond acceptors (Lipinski definition) is 8. The number of aliphatic hydroxyl groups excluding tert-OH is 2. The summed E-state index contributed by atoms with van der Waals surface area (Å²) >= 11 is 0. The van der Waals surface area contributed by atoms with Crippen molar-refractivity contribution in [3.63, 3.8) is 0 Å². The Balaban J connectivity index is 1.05. The summed E-state index contributed by atoms with van der Waals surface area (Å²) in [4.78, 5) is 15.1. The molecule has 10 aliphatic rings. The van der Waals surface area contributed by atoms with E-state index in [2.05, 4.69) is 26.1 Å². The maximum atomic E-state index is 15.1. The fourth-order valence-corrected chi connectivity index (χ4v) is 18.2. The normalized spacial score (nSPS) is 52.0. The van der Waals surface area contributed by atoms with Crippen LogP contribution in [0.25, 0.3) is 0 Å². The molecule has 0 amide bonds. The Hall–Kier alpha value is -0.910. The number of ether oxygens (including phenoxy) is 2. The monoisotopic (exact) mass is 836 g/mol. The number of epoxide rings is 1. The van der Waals surface area contributed by atoms with Crippen LogP contribution in [-0.4, -0.2) is 87.2 Å². The molecule has 0 aromatic heterocycles. The number of Topliss-reactive ketones (excluding diaryl/α,β-unsaturated/α-hetero) is 1. The minimum absolute atomic E-state index is 0.0141. The molecule has 0 radical (unpaired) electrons. The zero-order chi connectivity index (χ0) is 42.3. The van der Waals surface area contributed by atoms with Crippen molar-refractivity contribution >= 4 is 5.78 Å². The molecule has 60 heavy (non-hydrogen) atoms. The molecule has 0 aromatic carbocycles. The van der Waals surface area contributed by atoms with Gasteiger partial charge in [-0.3, -0.25) is 10.5 Å². The zero-order valence-corrected chi connectivity index (χ0v) is 38.1. The molecule has 5 saturated carbocycles. The lowest BCUT2D eigenvalue weighted by Gasteiger charge is -2.73. The predicted molar refractivity (Wildman–Crippen MR) is 230 cm³/mol. The quantitative estimate of drug-likeness (QED) is 0.132. The summed E-state index contributed by atoms with van der Waals surface area (Å²) < 4.78 is 14.3. The van der Waals surface area contributed by atoms with Crippen LogP contribution in [0.4, 0.5) is 0 Å². The van der Waals surface area contributed by atoms with Gasteiger partial charge in [0.2, 0.25) is 0 Å². The molecule has 0 bridgehead atoms. The first-order valence-corrected chi connectivity index (χ1v) is 25.4. The molecule has 3 saturated heterocycles. The van der Waals surface area contributed by atoms with Crippen LogP contribution in [-0.2, 0) is 14.3 Å². The van der Waals surface area contributed by atoms with Gasteiger partial charge in [0.05, 0.1) is 30.5 Å². The number of ketones is 1. The summed E-state index contributed by atoms with van der Waals surface area (Å²) in [5.74, 6) is 2.16. The molecule has 9 nitrogen and oxygen atoms in total. The van der Waals surface area contributed by atoms with Crippen LogP contribution < -0.4 is 11.1 Å². The highest BCUT2D eigenvalue weighted by molar-refractivity contribution is 6.00. The van der Waals surface area contributed by atoms with Crippen molar-refractivity contribution in [3.8, 4) is 0 Å². The third kappa shape index (κ3) is 5.99. The van der Waals surface area contributed by atoms with E-state index in [4.69, 9.17) is 15.2 Å². The van der Waals surface area contributed by atoms with E-state index in [1.54, 1.807) is 0 Å². The summed E-state index contributed by atoms with van der Waals surface area (Å²) in [6, 6.07) is 0. The molecule has 8 N–H and O–H groups in total. The van der Waals surface area contributed by atoms with Crippen LogP contribution in [0.3, 0.4) is 0 Å². The molecule has 9 heteroatoms. The van der Waals surface area contributed by atoms with E-state index in [-0.39, 0.29) is 65.1 Å². The fourth-order valence-electron chi connectivity index (χ4n) is 18.2. The van der Waals surface area contributed by atoms with Crippen LogP contribution in [0.5, 0.6) is 0 Å². The smallest absolute Gasteiger partial charge is 0.162 e. The number of rotatable bonds is 11. The van der Waals surface area contributed by atoms with E-state index in [0.29, 0.717) is 31.3 Å². The van der Waals surface area contributed by atoms with Crippen molar-refractivity contribution in [1.29, 1.82) is 0 Å². The van der Waals surface area contributed by atoms with Crippen molar-refractivity contribution in [2.24, 2.45) is 74.7 Å². The molecule has 18 unspecified atom stereocenters. The number of nitrogens with two attached hydrogens (primary N) is 2. The second-order valence-electron chi connectivity index (χ2n) is 24.6. The average Bonchev–Trinajstić information content (AvgIpc) is 4.01. The Labute approximate surface area is 361 Å². The topological polar surface area (TPSA) is 162 Å². The third-order valence-electron chi connectivity index (χ3n) is 21.6. The predicted octanol–water partition coefficient (Wildman–Crippen LogP) is 6.33. The number of hydrogen-bond donors (Lipinski definition) is 6. The van der Waals surface area contributed by atoms with Gasteiger partial charge in [0.25, 0.3) is 0 Å². The van der Waals surface area contributed by atoms with E-state index in [1.165, 1.54) is 38.5 Å². The van der Waals surface area contributed by atoms with Crippen molar-refractivity contribution < 1.29 is 40.0 Å². The van der Waals surface area contributed by atoms with Crippen LogP contribution in [0, 0.1) is 69.0 Å². The van der Waals surface area contributed by atoms with Crippen molar-refractivity contribution in [2.45, 2.75) is 211 Å². The number of aliphatic hydroxyl groups is 4. The van der Waals surface area contributed by atoms with Crippen LogP contribution >= 0.6 is 0 Å². The minimum Gasteiger partial charge on any atom is -0.396 e. The van der Waals surface area contributed by atoms with E-state index < -0.39 is 39.8 Å². The molecule has 338 valence electrons. The summed E-state index contributed by atoms with van der Waals surface area (Å²) in [7, 11) is 0. The molecule has 8 fully saturated rings. The summed E-state index contributed by atoms with van der Waals surface area (Å²) in [6.45, 7) is 12.7. The van der Waals surface area contributed by atoms with Gasteiger partial charge in [-0.15, -0.1) is 0 Å². The van der Waals surface area contributed by atoms with E-state index in [0.717, 1.165) is 107 Å². The van der Waals surface area contributed by atoms with Gasteiger partial charge in [0, 0.05) is 29.8 Å². The Bertz CT molecular complexity index is 1710. The fraction of sp³-hybridized carbons (Fsp3) is 0.941. The first-order chi connectivity index (χ1) is 28.5. The third-order valence-corrected chi connectivity index (χ3v) is 21.6. The van der Waals surface area contributed by atoms with Crippen molar-refractivity contribution in [3.05, 3.63) is 11.1 Å². The van der Waals surface area contributed by atoms with E-state index in [1.807, 2.05) is 13.8 Å². The first-order valence-electron chi connectivity index (χ1n) is 25.4. The Morgan fingerprint density at radius 2 is 1.73 bits per heavy atom. The van der Waals surface area contributed by atoms with Gasteiger partial charge in [0.15, 0.2) is 5.78 Å². The highest BCUT2D eigenvalue weighted by Gasteiger charge is 2.81. The van der Waals surface area contributed by atoms with Gasteiger partial charge >= 0.3 is 0 Å². The van der Waals surface area contributed by atoms with Gasteiger partial charge in [-0.1, -0.05) is 59.8 Å². The molecular formula is C51H83N2O7+. The highest BCUT2D eigenvalue weighted by Crippen LogP contribution is 2.81. The van der Waals surface area contributed by atoms with Gasteiger partial charge in [-0.2, -0.15) is 0 Å². The molecule has 3 aliphatic heterocycles. The van der Waals surface area contributed by atoms with Crippen LogP contribution in [0.15, 0.2) is 11.1 Å². The number of carbonyl (C=O) groups excluding carboxylic acids is 1. The Morgan fingerprint density at radius 3 is 2.47 bits per heavy atom. The molecule has 3 heterocycles. The highest BCUT2D eigenvalue weighted by atomic mass is 16.6. The lowest BCUT2D eigenvalue weighted by atomic mass is 9.32. The molecular weight excluding hydrogens is 753 g/mol. The minimum atomic E-state index is -1.30. The van der Waals surface area contributed by atoms with Gasteiger partial charge in [-0.05, 0) is 167 Å². The maximum absolute atomic E-state index is 15.1. The van der Waals surface area contributed by atoms with E-state index in [9.17, 15) is 20.4 Å². The molecule has 18 atom stereocenters. The molecule has 7 aliphatic carbocycles. The maximum Gasteiger partial charge on any atom is 0.162 e. The number of allylic oxidation sites excluding steroid dienone is 1. The zero-order valence-electron chi connectivity index (χ0n) is 38.1. The summed E-state index contributed by atoms with van der Waals surface area (Å²) in [6.07, 6.45) is 20.1. The van der Waals surface area contributed by atoms with Crippen molar-refractivity contribution in [1.82, 2.24) is 0 Å². The van der Waals surface area contributed by atoms with Gasteiger partial charge < -0.3 is 35.2 Å². The number of piperidine rings is 1. The second kappa shape index (κ2) is 14.8. The van der Waals surface area contributed by atoms with Crippen LogP contribution in [0.1, 0.15) is 169 Å². The Morgan fingerprint density at radius 1 is 0.950 bits per heavy atom. The summed E-state index contributed by atoms with van der Waals surface area (Å²) in [5, 5.41) is 51.7. The molecule has 0 aromatic rings. The van der Waals surface area contributed by atoms with Gasteiger partial charge in [0.1, 0.15) is 24.0 Å². The lowest BCUT2D eigenvalue weighted by Crippen LogP contribution is -2.94. The number of carbonyl (C=O) groups is 1. The standard InChI is InChI=1S/C51H82N2O7/c1-30-17-22-59-50(27-30,44-43(60-44)48(5,57)45(2,29-54)18-13-32-16-21-53-39(52)23-32)38-25-34-11-12-36-40-42-47(4)33(24-35(55)26-37(47)41(36)56)15-20-49(42,28-46(38,3)51(34,40)58)19-14-31-9-7-6-8-10-31/h30-35,37-39,42-44,53-55,57-58H,6-29,52H2,1-5H3/p+1. The first kappa shape index (κ1) is 43.0. The largest absolute Gasteiger partial charge is 0.396 e. The lowest BCUT2D eigenvalue weighted by molar-refractivity contribution is -0.699. The van der Waals surface area contributed by atoms with Crippen LogP contribution in [0.2, 0.25) is 0 Å². The second-order valence-corrected chi connectivity index (χ2v) is 24.6. The Kier molecular flexibility index (Phi) is 10.6. The number of quaternary nitrogens is 1. The average molecular weight is 836 g/mol. The van der Waals surface area contributed by atoms with Gasteiger partial charge in [-0.25, -0.2) is 0 Å². The SMILES string of the molecule is CC1CCOC(C2OC2C(C)(O)C(C)(CO)CCC2CC[NH2+]C(N)C2)(C2CC3CCC4=C5C6C(CCC7CCCCC7)(CCC7CC(O)CC(C4=O)C76C)CC2(C)C53O)C1.